The van der Waals surface area contributed by atoms with Crippen LogP contribution >= 0.6 is 0 Å². The molecule has 0 aliphatic rings. The van der Waals surface area contributed by atoms with Crippen LogP contribution in [0.1, 0.15) is 17.7 Å². The molecule has 0 unspecified atom stereocenters. The topological polar surface area (TPSA) is 150 Å². The van der Waals surface area contributed by atoms with Gasteiger partial charge in [0.15, 0.2) is 0 Å². The molecule has 2 aromatic rings. The Bertz CT molecular complexity index is 918. The van der Waals surface area contributed by atoms with Gasteiger partial charge in [0, 0.05) is 36.8 Å². The van der Waals surface area contributed by atoms with Gasteiger partial charge in [-0.2, -0.15) is 0 Å². The maximum Gasteiger partial charge on any atom is 0.325 e. The highest BCUT2D eigenvalue weighted by Gasteiger charge is 2.12. The molecule has 0 radical (unpaired) electrons. The molecule has 0 fully saturated rings. The van der Waals surface area contributed by atoms with Crippen molar-refractivity contribution in [3.05, 3.63) is 66.5 Å². The van der Waals surface area contributed by atoms with Crippen molar-refractivity contribution < 1.29 is 9.72 Å². The van der Waals surface area contributed by atoms with E-state index in [1.54, 1.807) is 25.1 Å². The predicted molar refractivity (Wildman–Crippen MR) is 95.3 cm³/mol. The number of hydrogen-bond acceptors (Lipinski definition) is 6. The summed E-state index contributed by atoms with van der Waals surface area (Å²) < 4.78 is 0. The summed E-state index contributed by atoms with van der Waals surface area (Å²) in [6.45, 7) is 2.18. The fourth-order valence-corrected chi connectivity index (χ4v) is 2.44. The Labute approximate surface area is 147 Å². The van der Waals surface area contributed by atoms with Crippen LogP contribution in [0.3, 0.4) is 0 Å². The van der Waals surface area contributed by atoms with Gasteiger partial charge < -0.3 is 15.6 Å². The number of aryl methyl sites for hydroxylation is 1. The fraction of sp³-hybridized carbons (Fsp3) is 0.312. The van der Waals surface area contributed by atoms with Crippen molar-refractivity contribution in [2.45, 2.75) is 19.8 Å². The van der Waals surface area contributed by atoms with Crippen molar-refractivity contribution in [3.63, 3.8) is 0 Å². The molecule has 0 bridgehead atoms. The quantitative estimate of drug-likeness (QED) is 0.304. The van der Waals surface area contributed by atoms with E-state index in [0.717, 1.165) is 0 Å². The van der Waals surface area contributed by atoms with E-state index in [-0.39, 0.29) is 31.0 Å². The van der Waals surface area contributed by atoms with Gasteiger partial charge in [-0.3, -0.25) is 24.7 Å². The van der Waals surface area contributed by atoms with Gasteiger partial charge in [-0.1, -0.05) is 12.1 Å². The first kappa shape index (κ1) is 18.9. The summed E-state index contributed by atoms with van der Waals surface area (Å²) in [7, 11) is 0. The largest absolute Gasteiger partial charge is 0.378 e. The van der Waals surface area contributed by atoms with E-state index in [4.69, 9.17) is 0 Å². The zero-order valence-corrected chi connectivity index (χ0v) is 14.1. The molecule has 10 heteroatoms. The normalized spacial score (nSPS) is 10.3. The molecule has 0 aliphatic carbocycles. The third-order valence-corrected chi connectivity index (χ3v) is 3.72. The number of nitro benzene ring substituents is 1. The van der Waals surface area contributed by atoms with Crippen LogP contribution in [0.4, 0.5) is 11.4 Å². The molecule has 1 aromatic heterocycles. The molecule has 10 nitrogen and oxygen atoms in total. The molecule has 0 spiro atoms. The number of H-pyrrole nitrogens is 2. The van der Waals surface area contributed by atoms with Gasteiger partial charge in [-0.05, 0) is 19.4 Å². The average Bonchev–Trinajstić information content (AvgIpc) is 2.58. The summed E-state index contributed by atoms with van der Waals surface area (Å²) in [5.74, 6) is -0.264. The summed E-state index contributed by atoms with van der Waals surface area (Å²) >= 11 is 0. The van der Waals surface area contributed by atoms with Crippen LogP contribution in [0, 0.1) is 17.0 Å². The molecular weight excluding hydrogens is 342 g/mol. The van der Waals surface area contributed by atoms with Gasteiger partial charge in [0.1, 0.15) is 5.69 Å². The number of rotatable bonds is 8. The highest BCUT2D eigenvalue weighted by Crippen LogP contribution is 2.22. The van der Waals surface area contributed by atoms with E-state index in [1.807, 2.05) is 0 Å². The summed E-state index contributed by atoms with van der Waals surface area (Å²) in [4.78, 5) is 49.7. The van der Waals surface area contributed by atoms with Crippen molar-refractivity contribution in [2.24, 2.45) is 0 Å². The van der Waals surface area contributed by atoms with Gasteiger partial charge in [-0.25, -0.2) is 4.79 Å². The molecule has 4 N–H and O–H groups in total. The SMILES string of the molecule is Cc1[nH]c(=O)[nH]c(=O)c1CCC(=O)NCCNc1ccccc1[N+](=O)[O-]. The van der Waals surface area contributed by atoms with Gasteiger partial charge in [0.2, 0.25) is 5.91 Å². The number of benzene rings is 1. The smallest absolute Gasteiger partial charge is 0.325 e. The van der Waals surface area contributed by atoms with Crippen molar-refractivity contribution >= 4 is 17.3 Å². The zero-order chi connectivity index (χ0) is 19.1. The van der Waals surface area contributed by atoms with Crippen molar-refractivity contribution in [2.75, 3.05) is 18.4 Å². The van der Waals surface area contributed by atoms with Crippen LogP contribution in [0.15, 0.2) is 33.9 Å². The van der Waals surface area contributed by atoms with Crippen LogP contribution in [-0.4, -0.2) is 33.9 Å². The number of nitro groups is 1. The van der Waals surface area contributed by atoms with E-state index in [0.29, 0.717) is 23.5 Å². The fourth-order valence-electron chi connectivity index (χ4n) is 2.44. The predicted octanol–water partition coefficient (Wildman–Crippen LogP) is 0.441. The Morgan fingerprint density at radius 2 is 1.92 bits per heavy atom. The molecular formula is C16H19N5O5. The summed E-state index contributed by atoms with van der Waals surface area (Å²) in [6, 6.07) is 6.24. The summed E-state index contributed by atoms with van der Waals surface area (Å²) in [5.41, 5.74) is 0.0509. The van der Waals surface area contributed by atoms with Crippen LogP contribution in [0.25, 0.3) is 0 Å². The minimum Gasteiger partial charge on any atom is -0.378 e. The Hall–Kier alpha value is -3.43. The maximum absolute atomic E-state index is 11.9. The Morgan fingerprint density at radius 3 is 2.62 bits per heavy atom. The second kappa shape index (κ2) is 8.60. The van der Waals surface area contributed by atoms with Gasteiger partial charge in [0.05, 0.1) is 4.92 Å². The third-order valence-electron chi connectivity index (χ3n) is 3.72. The molecule has 138 valence electrons. The lowest BCUT2D eigenvalue weighted by Crippen LogP contribution is -2.31. The van der Waals surface area contributed by atoms with Crippen molar-refractivity contribution in [3.8, 4) is 0 Å². The molecule has 26 heavy (non-hydrogen) atoms. The van der Waals surface area contributed by atoms with Crippen LogP contribution in [0.5, 0.6) is 0 Å². The number of nitrogens with one attached hydrogen (secondary N) is 4. The van der Waals surface area contributed by atoms with E-state index in [9.17, 15) is 24.5 Å². The first-order valence-corrected chi connectivity index (χ1v) is 7.94. The first-order chi connectivity index (χ1) is 12.4. The summed E-state index contributed by atoms with van der Waals surface area (Å²) in [5, 5.41) is 16.5. The Morgan fingerprint density at radius 1 is 1.19 bits per heavy atom. The lowest BCUT2D eigenvalue weighted by Gasteiger charge is -2.09. The number of carbonyl (C=O) groups excluding carboxylic acids is 1. The highest BCUT2D eigenvalue weighted by molar-refractivity contribution is 5.76. The van der Waals surface area contributed by atoms with E-state index in [2.05, 4.69) is 20.6 Å². The Kier molecular flexibility index (Phi) is 6.25. The number of anilines is 1. The van der Waals surface area contributed by atoms with Gasteiger partial charge in [-0.15, -0.1) is 0 Å². The molecule has 1 aromatic carbocycles. The number of aromatic nitrogens is 2. The number of amides is 1. The van der Waals surface area contributed by atoms with E-state index >= 15 is 0 Å². The number of nitrogens with zero attached hydrogens (tertiary/aromatic N) is 1. The monoisotopic (exact) mass is 361 g/mol. The summed E-state index contributed by atoms with van der Waals surface area (Å²) in [6.07, 6.45) is 0.281. The minimum atomic E-state index is -0.582. The molecule has 0 aliphatic heterocycles. The van der Waals surface area contributed by atoms with Crippen LogP contribution < -0.4 is 21.9 Å². The molecule has 0 saturated heterocycles. The third kappa shape index (κ3) is 5.03. The number of aromatic amines is 2. The first-order valence-electron chi connectivity index (χ1n) is 7.94. The molecule has 0 atom stereocenters. The van der Waals surface area contributed by atoms with Gasteiger partial charge in [0.25, 0.3) is 11.2 Å². The number of para-hydroxylation sites is 2. The molecule has 2 rings (SSSR count). The minimum absolute atomic E-state index is 0.0356. The number of hydrogen-bond donors (Lipinski definition) is 4. The second-order valence-electron chi connectivity index (χ2n) is 5.56. The van der Waals surface area contributed by atoms with Crippen LogP contribution in [-0.2, 0) is 11.2 Å². The maximum atomic E-state index is 11.9. The molecule has 0 saturated carbocycles. The van der Waals surface area contributed by atoms with Gasteiger partial charge >= 0.3 is 5.69 Å². The standard InChI is InChI=1S/C16H19N5O5/c1-10-11(15(23)20-16(24)19-10)6-7-14(22)18-9-8-17-12-4-2-3-5-13(12)21(25)26/h2-5,17H,6-9H2,1H3,(H,18,22)(H2,19,20,23,24). The second-order valence-corrected chi connectivity index (χ2v) is 5.56. The lowest BCUT2D eigenvalue weighted by atomic mass is 10.1. The molecule has 1 amide bonds. The average molecular weight is 361 g/mol. The zero-order valence-electron chi connectivity index (χ0n) is 14.1. The molecule has 1 heterocycles. The van der Waals surface area contributed by atoms with Crippen molar-refractivity contribution in [1.82, 2.24) is 15.3 Å². The van der Waals surface area contributed by atoms with Crippen molar-refractivity contribution in [1.29, 1.82) is 0 Å². The Balaban J connectivity index is 1.79. The van der Waals surface area contributed by atoms with E-state index in [1.165, 1.54) is 6.07 Å². The van der Waals surface area contributed by atoms with E-state index < -0.39 is 16.2 Å². The lowest BCUT2D eigenvalue weighted by molar-refractivity contribution is -0.384. The van der Waals surface area contributed by atoms with Crippen LogP contribution in [0.2, 0.25) is 0 Å². The number of carbonyl (C=O) groups is 1. The highest BCUT2D eigenvalue weighted by atomic mass is 16.6.